The van der Waals surface area contributed by atoms with E-state index in [2.05, 4.69) is 0 Å². The quantitative estimate of drug-likeness (QED) is 0.635. The van der Waals surface area contributed by atoms with Crippen molar-refractivity contribution in [2.45, 2.75) is 57.2 Å². The number of rotatable bonds is 5. The number of piperidine rings is 2. The van der Waals surface area contributed by atoms with E-state index in [9.17, 15) is 14.0 Å². The molecule has 2 saturated heterocycles. The summed E-state index contributed by atoms with van der Waals surface area (Å²) in [4.78, 5) is 27.7. The van der Waals surface area contributed by atoms with Crippen molar-refractivity contribution in [3.05, 3.63) is 71.0 Å². The zero-order valence-corrected chi connectivity index (χ0v) is 17.3. The molecule has 5 nitrogen and oxygen atoms in total. The molecule has 2 aromatic rings. The van der Waals surface area contributed by atoms with Crippen LogP contribution < -0.4 is 0 Å². The van der Waals surface area contributed by atoms with Crippen molar-refractivity contribution in [1.29, 1.82) is 5.26 Å². The number of benzene rings is 2. The molecule has 160 valence electrons. The largest absolute Gasteiger partial charge is 0.445 e. The van der Waals surface area contributed by atoms with Gasteiger partial charge in [0.15, 0.2) is 5.78 Å². The van der Waals surface area contributed by atoms with Crippen molar-refractivity contribution in [3.63, 3.8) is 0 Å². The fourth-order valence-electron chi connectivity index (χ4n) is 4.85. The van der Waals surface area contributed by atoms with Crippen LogP contribution in [0.5, 0.6) is 0 Å². The number of carbonyl (C=O) groups excluding carboxylic acids is 2. The molecule has 2 aromatic carbocycles. The van der Waals surface area contributed by atoms with Crippen LogP contribution >= 0.6 is 0 Å². The molecule has 0 aliphatic carbocycles. The maximum absolute atomic E-state index is 14.2. The second-order valence-electron chi connectivity index (χ2n) is 8.36. The van der Waals surface area contributed by atoms with Gasteiger partial charge in [0, 0.05) is 29.1 Å². The summed E-state index contributed by atoms with van der Waals surface area (Å²) < 4.78 is 19.8. The summed E-state index contributed by atoms with van der Waals surface area (Å²) in [6.07, 6.45) is 3.50. The van der Waals surface area contributed by atoms with E-state index < -0.39 is 5.82 Å². The molecule has 0 spiro atoms. The lowest BCUT2D eigenvalue weighted by Gasteiger charge is -2.47. The number of Topliss-reactive ketones (excluding diaryl/α,β-unsaturated/α-hetero) is 1. The second kappa shape index (κ2) is 9.30. The molecule has 6 heteroatoms. The van der Waals surface area contributed by atoms with E-state index >= 15 is 0 Å². The minimum Gasteiger partial charge on any atom is -0.445 e. The zero-order valence-electron chi connectivity index (χ0n) is 17.3. The first kappa shape index (κ1) is 21.0. The van der Waals surface area contributed by atoms with Crippen LogP contribution in [-0.2, 0) is 17.8 Å². The van der Waals surface area contributed by atoms with Gasteiger partial charge in [-0.05, 0) is 43.7 Å². The van der Waals surface area contributed by atoms with E-state index in [1.807, 2.05) is 41.3 Å². The van der Waals surface area contributed by atoms with E-state index in [4.69, 9.17) is 10.00 Å². The highest BCUT2D eigenvalue weighted by molar-refractivity contribution is 5.98. The lowest BCUT2D eigenvalue weighted by Crippen LogP contribution is -2.55. The van der Waals surface area contributed by atoms with Crippen molar-refractivity contribution in [1.82, 2.24) is 4.90 Å². The molecule has 1 amide bonds. The summed E-state index contributed by atoms with van der Waals surface area (Å²) in [6, 6.07) is 15.8. The molecule has 4 rings (SSSR count). The SMILES string of the molecule is N#CCc1ccc(C(=O)C2CC3CCCC(C2)N3C(=O)OCc2ccccc2)cc1F. The lowest BCUT2D eigenvalue weighted by atomic mass is 9.76. The van der Waals surface area contributed by atoms with Crippen LogP contribution in [0.3, 0.4) is 0 Å². The summed E-state index contributed by atoms with van der Waals surface area (Å²) in [5.41, 5.74) is 1.57. The molecule has 2 heterocycles. The first-order valence-electron chi connectivity index (χ1n) is 10.8. The Hall–Kier alpha value is -3.20. The van der Waals surface area contributed by atoms with Gasteiger partial charge < -0.3 is 9.64 Å². The van der Waals surface area contributed by atoms with Crippen LogP contribution in [0.2, 0.25) is 0 Å². The number of hydrogen-bond acceptors (Lipinski definition) is 4. The first-order chi connectivity index (χ1) is 15.1. The number of fused-ring (bicyclic) bond motifs is 2. The maximum Gasteiger partial charge on any atom is 0.410 e. The number of ketones is 1. The molecule has 0 radical (unpaired) electrons. The Morgan fingerprint density at radius 1 is 1.10 bits per heavy atom. The van der Waals surface area contributed by atoms with Gasteiger partial charge in [0.25, 0.3) is 0 Å². The molecule has 0 saturated carbocycles. The van der Waals surface area contributed by atoms with E-state index in [-0.39, 0.29) is 42.9 Å². The smallest absolute Gasteiger partial charge is 0.410 e. The molecule has 2 unspecified atom stereocenters. The summed E-state index contributed by atoms with van der Waals surface area (Å²) >= 11 is 0. The Balaban J connectivity index is 1.43. The number of nitriles is 1. The number of hydrogen-bond donors (Lipinski definition) is 0. The van der Waals surface area contributed by atoms with Gasteiger partial charge >= 0.3 is 6.09 Å². The first-order valence-corrected chi connectivity index (χ1v) is 10.8. The van der Waals surface area contributed by atoms with E-state index in [0.29, 0.717) is 24.0 Å². The number of nitrogens with zero attached hydrogens (tertiary/aromatic N) is 2. The Kier molecular flexibility index (Phi) is 6.31. The summed E-state index contributed by atoms with van der Waals surface area (Å²) in [5, 5.41) is 8.76. The highest BCUT2D eigenvalue weighted by atomic mass is 19.1. The normalized spacial score (nSPS) is 22.5. The van der Waals surface area contributed by atoms with Crippen LogP contribution in [0, 0.1) is 23.1 Å². The fraction of sp³-hybridized carbons (Fsp3) is 0.400. The number of amides is 1. The van der Waals surface area contributed by atoms with Gasteiger partial charge in [-0.2, -0.15) is 5.26 Å². The molecule has 0 aromatic heterocycles. The van der Waals surface area contributed by atoms with Gasteiger partial charge in [-0.1, -0.05) is 42.5 Å². The third-order valence-electron chi connectivity index (χ3n) is 6.37. The van der Waals surface area contributed by atoms with Gasteiger partial charge in [-0.25, -0.2) is 9.18 Å². The van der Waals surface area contributed by atoms with E-state index in [1.165, 1.54) is 12.1 Å². The van der Waals surface area contributed by atoms with Crippen LogP contribution in [0.25, 0.3) is 0 Å². The molecule has 31 heavy (non-hydrogen) atoms. The van der Waals surface area contributed by atoms with Crippen molar-refractivity contribution in [3.8, 4) is 6.07 Å². The summed E-state index contributed by atoms with van der Waals surface area (Å²) in [6.45, 7) is 0.228. The topological polar surface area (TPSA) is 70.4 Å². The third kappa shape index (κ3) is 4.61. The van der Waals surface area contributed by atoms with E-state index in [0.717, 1.165) is 24.8 Å². The number of carbonyl (C=O) groups is 2. The van der Waals surface area contributed by atoms with Gasteiger partial charge in [-0.15, -0.1) is 0 Å². The molecule has 0 N–H and O–H groups in total. The van der Waals surface area contributed by atoms with Crippen LogP contribution in [0.15, 0.2) is 48.5 Å². The molecular weight excluding hydrogens is 395 g/mol. The van der Waals surface area contributed by atoms with Crippen molar-refractivity contribution >= 4 is 11.9 Å². The lowest BCUT2D eigenvalue weighted by molar-refractivity contribution is 0.00472. The van der Waals surface area contributed by atoms with E-state index in [1.54, 1.807) is 6.07 Å². The minimum atomic E-state index is -0.519. The zero-order chi connectivity index (χ0) is 21.8. The fourth-order valence-corrected chi connectivity index (χ4v) is 4.85. The van der Waals surface area contributed by atoms with Crippen LogP contribution in [0.4, 0.5) is 9.18 Å². The molecule has 2 aliphatic heterocycles. The Morgan fingerprint density at radius 3 is 2.45 bits per heavy atom. The minimum absolute atomic E-state index is 0.0199. The predicted octanol–water partition coefficient (Wildman–Crippen LogP) is 5.04. The Labute approximate surface area is 181 Å². The average molecular weight is 420 g/mol. The van der Waals surface area contributed by atoms with Crippen LogP contribution in [0.1, 0.15) is 53.6 Å². The molecule has 2 fully saturated rings. The monoisotopic (exact) mass is 420 g/mol. The highest BCUT2D eigenvalue weighted by Crippen LogP contribution is 2.39. The van der Waals surface area contributed by atoms with Crippen molar-refractivity contribution in [2.24, 2.45) is 5.92 Å². The van der Waals surface area contributed by atoms with Crippen LogP contribution in [-0.4, -0.2) is 28.9 Å². The third-order valence-corrected chi connectivity index (χ3v) is 6.37. The van der Waals surface area contributed by atoms with Crippen molar-refractivity contribution < 1.29 is 18.7 Å². The summed E-state index contributed by atoms with van der Waals surface area (Å²) in [5.74, 6) is -0.846. The van der Waals surface area contributed by atoms with Gasteiger partial charge in [0.05, 0.1) is 12.5 Å². The van der Waals surface area contributed by atoms with Gasteiger partial charge in [0.1, 0.15) is 12.4 Å². The van der Waals surface area contributed by atoms with Crippen molar-refractivity contribution in [2.75, 3.05) is 0 Å². The molecule has 2 aliphatic rings. The van der Waals surface area contributed by atoms with Gasteiger partial charge in [0.2, 0.25) is 0 Å². The average Bonchev–Trinajstić information content (AvgIpc) is 2.78. The second-order valence-corrected chi connectivity index (χ2v) is 8.36. The number of halogens is 1. The Morgan fingerprint density at radius 2 is 1.81 bits per heavy atom. The standard InChI is InChI=1S/C25H25FN2O3/c26-23-15-19(10-9-18(23)11-12-27)24(29)20-13-21-7-4-8-22(14-20)28(21)25(30)31-16-17-5-2-1-3-6-17/h1-3,5-6,9-10,15,20-22H,4,7-8,11,13-14,16H2. The summed E-state index contributed by atoms with van der Waals surface area (Å²) in [7, 11) is 0. The highest BCUT2D eigenvalue weighted by Gasteiger charge is 2.43. The molecule has 2 bridgehead atoms. The maximum atomic E-state index is 14.2. The van der Waals surface area contributed by atoms with Gasteiger partial charge in [-0.3, -0.25) is 4.79 Å². The Bertz CT molecular complexity index is 988. The number of ether oxygens (including phenoxy) is 1. The molecular formula is C25H25FN2O3. The molecule has 2 atom stereocenters. The predicted molar refractivity (Wildman–Crippen MR) is 113 cm³/mol.